The van der Waals surface area contributed by atoms with Gasteiger partial charge < -0.3 is 5.11 Å². The zero-order valence-electron chi connectivity index (χ0n) is 9.45. The topological polar surface area (TPSA) is 63.8 Å². The maximum absolute atomic E-state index is 10.2. The average Bonchev–Trinajstić information content (AvgIpc) is 2.84. The van der Waals surface area contributed by atoms with Gasteiger partial charge in [-0.25, -0.2) is 0 Å². The van der Waals surface area contributed by atoms with E-state index in [9.17, 15) is 5.11 Å². The summed E-state index contributed by atoms with van der Waals surface area (Å²) in [5.41, 5.74) is 1.64. The van der Waals surface area contributed by atoms with Crippen LogP contribution in [0.5, 0.6) is 0 Å². The molecule has 0 saturated heterocycles. The number of aliphatic hydroxyl groups excluding tert-OH is 1. The van der Waals surface area contributed by atoms with Crippen molar-refractivity contribution < 1.29 is 5.11 Å². The number of aliphatic hydroxyl groups is 1. The molecule has 6 heteroatoms. The van der Waals surface area contributed by atoms with Gasteiger partial charge in [0.15, 0.2) is 0 Å². The van der Waals surface area contributed by atoms with Gasteiger partial charge in [0.25, 0.3) is 0 Å². The highest BCUT2D eigenvalue weighted by atomic mass is 32.1. The second kappa shape index (κ2) is 4.31. The summed E-state index contributed by atoms with van der Waals surface area (Å²) < 4.78 is 5.57. The molecule has 1 atom stereocenters. The summed E-state index contributed by atoms with van der Waals surface area (Å²) in [6.07, 6.45) is 2.79. The molecule has 0 radical (unpaired) electrons. The van der Waals surface area contributed by atoms with E-state index in [1.807, 2.05) is 20.9 Å². The van der Waals surface area contributed by atoms with Gasteiger partial charge in [0, 0.05) is 18.8 Å². The van der Waals surface area contributed by atoms with Crippen LogP contribution in [0, 0.1) is 0 Å². The quantitative estimate of drug-likeness (QED) is 0.879. The Bertz CT molecular complexity index is 477. The molecule has 2 aromatic heterocycles. The summed E-state index contributed by atoms with van der Waals surface area (Å²) in [6.45, 7) is 4.08. The Kier molecular flexibility index (Phi) is 3.02. The molecule has 0 amide bonds. The molecule has 0 spiro atoms. The Hall–Kier alpha value is -1.27. The highest BCUT2D eigenvalue weighted by Crippen LogP contribution is 2.30. The molecule has 2 aromatic rings. The van der Waals surface area contributed by atoms with Crippen LogP contribution < -0.4 is 0 Å². The first-order valence-electron chi connectivity index (χ1n) is 5.08. The van der Waals surface area contributed by atoms with Crippen LogP contribution in [0.3, 0.4) is 0 Å². The molecule has 5 nitrogen and oxygen atoms in total. The predicted molar refractivity (Wildman–Crippen MR) is 61.3 cm³/mol. The number of aryl methyl sites for hydroxylation is 1. The van der Waals surface area contributed by atoms with E-state index >= 15 is 0 Å². The van der Waals surface area contributed by atoms with E-state index < -0.39 is 6.10 Å². The second-order valence-corrected chi connectivity index (χ2v) is 4.81. The highest BCUT2D eigenvalue weighted by molar-refractivity contribution is 7.05. The number of hydrogen-bond donors (Lipinski definition) is 1. The fourth-order valence-electron chi connectivity index (χ4n) is 1.53. The second-order valence-electron chi connectivity index (χ2n) is 4.03. The number of aromatic nitrogens is 4. The van der Waals surface area contributed by atoms with Gasteiger partial charge >= 0.3 is 0 Å². The van der Waals surface area contributed by atoms with Gasteiger partial charge in [0.05, 0.1) is 16.8 Å². The molecule has 0 saturated carbocycles. The van der Waals surface area contributed by atoms with Gasteiger partial charge in [0.2, 0.25) is 0 Å². The molecule has 1 unspecified atom stereocenters. The van der Waals surface area contributed by atoms with Crippen molar-refractivity contribution in [1.82, 2.24) is 19.4 Å². The zero-order valence-corrected chi connectivity index (χ0v) is 10.3. The van der Waals surface area contributed by atoms with E-state index in [-0.39, 0.29) is 5.92 Å². The van der Waals surface area contributed by atoms with E-state index in [1.165, 1.54) is 11.5 Å². The third kappa shape index (κ3) is 1.98. The minimum absolute atomic E-state index is 0.264. The van der Waals surface area contributed by atoms with E-state index in [4.69, 9.17) is 0 Å². The Morgan fingerprint density at radius 2 is 2.19 bits per heavy atom. The lowest BCUT2D eigenvalue weighted by Crippen LogP contribution is -2.01. The SMILES string of the molecule is CC(C)c1nnsc1C(O)c1cnn(C)c1. The summed E-state index contributed by atoms with van der Waals surface area (Å²) in [5, 5.41) is 18.3. The minimum atomic E-state index is -0.675. The first kappa shape index (κ1) is 11.2. The van der Waals surface area contributed by atoms with Gasteiger partial charge in [0.1, 0.15) is 6.10 Å². The van der Waals surface area contributed by atoms with Crippen molar-refractivity contribution in [1.29, 1.82) is 0 Å². The van der Waals surface area contributed by atoms with Gasteiger partial charge in [-0.3, -0.25) is 4.68 Å². The third-order valence-electron chi connectivity index (χ3n) is 2.38. The molecule has 0 aromatic carbocycles. The van der Waals surface area contributed by atoms with Crippen molar-refractivity contribution >= 4 is 11.5 Å². The maximum Gasteiger partial charge on any atom is 0.120 e. The Labute approximate surface area is 97.9 Å². The molecule has 2 heterocycles. The van der Waals surface area contributed by atoms with E-state index in [0.717, 1.165) is 16.1 Å². The van der Waals surface area contributed by atoms with E-state index in [2.05, 4.69) is 14.7 Å². The lowest BCUT2D eigenvalue weighted by molar-refractivity contribution is 0.222. The molecule has 86 valence electrons. The standard InChI is InChI=1S/C10H14N4OS/c1-6(2)8-10(16-13-12-8)9(15)7-4-11-14(3)5-7/h4-6,9,15H,1-3H3. The number of rotatable bonds is 3. The van der Waals surface area contributed by atoms with Gasteiger partial charge in [-0.1, -0.05) is 18.3 Å². The zero-order chi connectivity index (χ0) is 11.7. The van der Waals surface area contributed by atoms with Crippen LogP contribution in [0.1, 0.15) is 42.0 Å². The first-order chi connectivity index (χ1) is 7.59. The predicted octanol–water partition coefficient (Wildman–Crippen LogP) is 1.48. The van der Waals surface area contributed by atoms with Crippen LogP contribution in [0.2, 0.25) is 0 Å². The van der Waals surface area contributed by atoms with Crippen LogP contribution >= 0.6 is 11.5 Å². The summed E-state index contributed by atoms with van der Waals surface area (Å²) in [6, 6.07) is 0. The number of nitrogens with zero attached hydrogens (tertiary/aromatic N) is 4. The van der Waals surface area contributed by atoms with Gasteiger partial charge in [-0.05, 0) is 17.5 Å². The average molecular weight is 238 g/mol. The van der Waals surface area contributed by atoms with Crippen molar-refractivity contribution in [3.05, 3.63) is 28.5 Å². The highest BCUT2D eigenvalue weighted by Gasteiger charge is 2.21. The molecule has 16 heavy (non-hydrogen) atoms. The van der Waals surface area contributed by atoms with Crippen molar-refractivity contribution in [2.45, 2.75) is 25.9 Å². The van der Waals surface area contributed by atoms with Crippen molar-refractivity contribution in [3.63, 3.8) is 0 Å². The van der Waals surface area contributed by atoms with Gasteiger partial charge in [-0.15, -0.1) is 5.10 Å². The lowest BCUT2D eigenvalue weighted by atomic mass is 10.0. The summed E-state index contributed by atoms with van der Waals surface area (Å²) >= 11 is 1.24. The maximum atomic E-state index is 10.2. The van der Waals surface area contributed by atoms with Crippen LogP contribution in [-0.2, 0) is 7.05 Å². The molecule has 0 aliphatic rings. The van der Waals surface area contributed by atoms with E-state index in [1.54, 1.807) is 17.1 Å². The minimum Gasteiger partial charge on any atom is -0.383 e. The summed E-state index contributed by atoms with van der Waals surface area (Å²) in [4.78, 5) is 0.808. The summed E-state index contributed by atoms with van der Waals surface area (Å²) in [7, 11) is 1.82. The molecular formula is C10H14N4OS. The molecule has 0 aliphatic heterocycles. The largest absolute Gasteiger partial charge is 0.383 e. The first-order valence-corrected chi connectivity index (χ1v) is 5.85. The normalized spacial score (nSPS) is 13.3. The summed E-state index contributed by atoms with van der Waals surface area (Å²) in [5.74, 6) is 0.264. The molecule has 0 fully saturated rings. The monoisotopic (exact) mass is 238 g/mol. The lowest BCUT2D eigenvalue weighted by Gasteiger charge is -2.08. The molecule has 2 rings (SSSR count). The fraction of sp³-hybridized carbons (Fsp3) is 0.500. The third-order valence-corrected chi connectivity index (χ3v) is 3.17. The Morgan fingerprint density at radius 3 is 2.75 bits per heavy atom. The molecule has 0 aliphatic carbocycles. The van der Waals surface area contributed by atoms with Crippen LogP contribution in [-0.4, -0.2) is 24.5 Å². The smallest absolute Gasteiger partial charge is 0.120 e. The molecular weight excluding hydrogens is 224 g/mol. The molecule has 1 N–H and O–H groups in total. The van der Waals surface area contributed by atoms with Crippen LogP contribution in [0.15, 0.2) is 12.4 Å². The molecule has 0 bridgehead atoms. The Morgan fingerprint density at radius 1 is 1.44 bits per heavy atom. The number of hydrogen-bond acceptors (Lipinski definition) is 5. The van der Waals surface area contributed by atoms with Crippen molar-refractivity contribution in [2.75, 3.05) is 0 Å². The fourth-order valence-corrected chi connectivity index (χ4v) is 2.35. The van der Waals surface area contributed by atoms with Crippen LogP contribution in [0.25, 0.3) is 0 Å². The van der Waals surface area contributed by atoms with Gasteiger partial charge in [-0.2, -0.15) is 5.10 Å². The van der Waals surface area contributed by atoms with Crippen LogP contribution in [0.4, 0.5) is 0 Å². The van der Waals surface area contributed by atoms with E-state index in [0.29, 0.717) is 0 Å². The van der Waals surface area contributed by atoms with Crippen molar-refractivity contribution in [3.8, 4) is 0 Å². The Balaban J connectivity index is 2.33. The van der Waals surface area contributed by atoms with Crippen molar-refractivity contribution in [2.24, 2.45) is 7.05 Å².